The van der Waals surface area contributed by atoms with Crippen molar-refractivity contribution in [3.05, 3.63) is 64.7 Å². The minimum Gasteiger partial charge on any atom is -0.376 e. The number of carbonyl (C=O) groups excluding carboxylic acids is 1. The standard InChI is InChI=1S/C17H15ClF3N3O/c1-11(14-7-2-3-8-15(14)18)23-24-16(25)10-22-13-6-4-5-12(9-13)17(19,20)21/h2-9,22H,10H2,1H3,(H,24,25)/b23-11-. The van der Waals surface area contributed by atoms with Gasteiger partial charge in [-0.1, -0.05) is 35.9 Å². The molecule has 0 saturated carbocycles. The van der Waals surface area contributed by atoms with Crippen LogP contribution in [0.2, 0.25) is 5.02 Å². The average Bonchev–Trinajstić information content (AvgIpc) is 2.58. The van der Waals surface area contributed by atoms with Crippen molar-refractivity contribution in [2.45, 2.75) is 13.1 Å². The second-order valence-electron chi connectivity index (χ2n) is 5.14. The van der Waals surface area contributed by atoms with Gasteiger partial charge in [0.25, 0.3) is 5.91 Å². The normalized spacial score (nSPS) is 12.0. The molecular formula is C17H15ClF3N3O. The first-order valence-electron chi connectivity index (χ1n) is 7.26. The summed E-state index contributed by atoms with van der Waals surface area (Å²) in [5.74, 6) is -0.496. The first-order chi connectivity index (χ1) is 11.8. The maximum atomic E-state index is 12.6. The number of anilines is 1. The molecule has 0 saturated heterocycles. The van der Waals surface area contributed by atoms with E-state index in [0.29, 0.717) is 16.3 Å². The monoisotopic (exact) mass is 369 g/mol. The molecule has 132 valence electrons. The highest BCUT2D eigenvalue weighted by Crippen LogP contribution is 2.30. The molecule has 0 bridgehead atoms. The van der Waals surface area contributed by atoms with Crippen LogP contribution in [0, 0.1) is 0 Å². The van der Waals surface area contributed by atoms with Crippen LogP contribution < -0.4 is 10.7 Å². The van der Waals surface area contributed by atoms with Gasteiger partial charge in [0.2, 0.25) is 0 Å². The fraction of sp³-hybridized carbons (Fsp3) is 0.176. The SMILES string of the molecule is C/C(=N/NC(=O)CNc1cccc(C(F)(F)F)c1)c1ccccc1Cl. The number of amides is 1. The van der Waals surface area contributed by atoms with E-state index >= 15 is 0 Å². The van der Waals surface area contributed by atoms with E-state index in [9.17, 15) is 18.0 Å². The molecule has 2 rings (SSSR count). The van der Waals surface area contributed by atoms with E-state index in [0.717, 1.165) is 12.1 Å². The topological polar surface area (TPSA) is 53.5 Å². The van der Waals surface area contributed by atoms with Crippen LogP contribution in [0.5, 0.6) is 0 Å². The van der Waals surface area contributed by atoms with Gasteiger partial charge in [-0.3, -0.25) is 4.79 Å². The Hall–Kier alpha value is -2.54. The summed E-state index contributed by atoms with van der Waals surface area (Å²) < 4.78 is 37.9. The van der Waals surface area contributed by atoms with Crippen molar-refractivity contribution in [1.82, 2.24) is 5.43 Å². The quantitative estimate of drug-likeness (QED) is 0.609. The smallest absolute Gasteiger partial charge is 0.376 e. The molecule has 0 aliphatic heterocycles. The molecule has 0 atom stereocenters. The summed E-state index contributed by atoms with van der Waals surface area (Å²) in [5, 5.41) is 7.06. The fourth-order valence-corrected chi connectivity index (χ4v) is 2.26. The first-order valence-corrected chi connectivity index (χ1v) is 7.64. The van der Waals surface area contributed by atoms with Gasteiger partial charge in [0.05, 0.1) is 17.8 Å². The van der Waals surface area contributed by atoms with Crippen molar-refractivity contribution >= 4 is 28.9 Å². The van der Waals surface area contributed by atoms with Crippen LogP contribution in [0.3, 0.4) is 0 Å². The number of alkyl halides is 3. The fourth-order valence-electron chi connectivity index (χ4n) is 1.99. The van der Waals surface area contributed by atoms with E-state index < -0.39 is 17.6 Å². The number of rotatable bonds is 5. The number of halogens is 4. The van der Waals surface area contributed by atoms with Crippen molar-refractivity contribution in [2.24, 2.45) is 5.10 Å². The Balaban J connectivity index is 1.93. The highest BCUT2D eigenvalue weighted by molar-refractivity contribution is 6.34. The summed E-state index contributed by atoms with van der Waals surface area (Å²) in [6, 6.07) is 11.6. The second kappa shape index (κ2) is 8.02. The van der Waals surface area contributed by atoms with E-state index in [2.05, 4.69) is 15.8 Å². The lowest BCUT2D eigenvalue weighted by molar-refractivity contribution is -0.137. The van der Waals surface area contributed by atoms with Crippen LogP contribution in [-0.2, 0) is 11.0 Å². The predicted octanol–water partition coefficient (Wildman–Crippen LogP) is 4.31. The zero-order chi connectivity index (χ0) is 18.4. The molecule has 1 amide bonds. The Morgan fingerprint density at radius 3 is 2.56 bits per heavy atom. The van der Waals surface area contributed by atoms with Gasteiger partial charge < -0.3 is 5.32 Å². The molecule has 25 heavy (non-hydrogen) atoms. The van der Waals surface area contributed by atoms with Gasteiger partial charge in [0, 0.05) is 16.3 Å². The third-order valence-corrected chi connectivity index (χ3v) is 3.58. The van der Waals surface area contributed by atoms with E-state index in [1.165, 1.54) is 12.1 Å². The molecule has 0 aliphatic rings. The number of nitrogens with zero attached hydrogens (tertiary/aromatic N) is 1. The van der Waals surface area contributed by atoms with Gasteiger partial charge >= 0.3 is 6.18 Å². The number of nitrogens with one attached hydrogen (secondary N) is 2. The number of benzene rings is 2. The largest absolute Gasteiger partial charge is 0.416 e. The Bertz CT molecular complexity index is 791. The average molecular weight is 370 g/mol. The molecule has 0 heterocycles. The van der Waals surface area contributed by atoms with Crippen molar-refractivity contribution < 1.29 is 18.0 Å². The van der Waals surface area contributed by atoms with E-state index in [1.54, 1.807) is 31.2 Å². The number of hydrazone groups is 1. The number of hydrogen-bond donors (Lipinski definition) is 2. The molecular weight excluding hydrogens is 355 g/mol. The minimum absolute atomic E-state index is 0.191. The van der Waals surface area contributed by atoms with Crippen molar-refractivity contribution in [2.75, 3.05) is 11.9 Å². The molecule has 4 nitrogen and oxygen atoms in total. The number of hydrogen-bond acceptors (Lipinski definition) is 3. The lowest BCUT2D eigenvalue weighted by atomic mass is 10.1. The molecule has 0 aliphatic carbocycles. The summed E-state index contributed by atoms with van der Waals surface area (Å²) in [7, 11) is 0. The lowest BCUT2D eigenvalue weighted by Gasteiger charge is -2.10. The van der Waals surface area contributed by atoms with E-state index in [1.807, 2.05) is 0 Å². The maximum Gasteiger partial charge on any atom is 0.416 e. The molecule has 2 aromatic rings. The zero-order valence-corrected chi connectivity index (χ0v) is 13.9. The van der Waals surface area contributed by atoms with Gasteiger partial charge in [-0.25, -0.2) is 5.43 Å². The summed E-state index contributed by atoms with van der Waals surface area (Å²) in [5.41, 5.74) is 2.92. The van der Waals surface area contributed by atoms with E-state index in [-0.39, 0.29) is 12.2 Å². The van der Waals surface area contributed by atoms with Crippen LogP contribution in [0.25, 0.3) is 0 Å². The second-order valence-corrected chi connectivity index (χ2v) is 5.55. The van der Waals surface area contributed by atoms with Crippen molar-refractivity contribution in [3.8, 4) is 0 Å². The highest BCUT2D eigenvalue weighted by atomic mass is 35.5. The molecule has 0 spiro atoms. The molecule has 2 aromatic carbocycles. The highest BCUT2D eigenvalue weighted by Gasteiger charge is 2.30. The van der Waals surface area contributed by atoms with Crippen LogP contribution in [-0.4, -0.2) is 18.2 Å². The Kier molecular flexibility index (Phi) is 6.03. The van der Waals surface area contributed by atoms with Gasteiger partial charge in [-0.05, 0) is 31.2 Å². The molecule has 8 heteroatoms. The minimum atomic E-state index is -4.43. The Morgan fingerprint density at radius 1 is 1.16 bits per heavy atom. The summed E-state index contributed by atoms with van der Waals surface area (Å²) in [4.78, 5) is 11.8. The maximum absolute atomic E-state index is 12.6. The summed E-state index contributed by atoms with van der Waals surface area (Å²) in [6.45, 7) is 1.46. The van der Waals surface area contributed by atoms with Crippen molar-refractivity contribution in [1.29, 1.82) is 0 Å². The molecule has 0 fully saturated rings. The van der Waals surface area contributed by atoms with Crippen LogP contribution in [0.15, 0.2) is 53.6 Å². The summed E-state index contributed by atoms with van der Waals surface area (Å²) in [6.07, 6.45) is -4.43. The molecule has 0 unspecified atom stereocenters. The van der Waals surface area contributed by atoms with Gasteiger partial charge in [0.15, 0.2) is 0 Å². The van der Waals surface area contributed by atoms with Gasteiger partial charge in [0.1, 0.15) is 0 Å². The zero-order valence-electron chi connectivity index (χ0n) is 13.2. The van der Waals surface area contributed by atoms with Gasteiger partial charge in [-0.15, -0.1) is 0 Å². The Labute approximate surface area is 147 Å². The predicted molar refractivity (Wildman–Crippen MR) is 91.7 cm³/mol. The molecule has 0 radical (unpaired) electrons. The Morgan fingerprint density at radius 2 is 1.88 bits per heavy atom. The lowest BCUT2D eigenvalue weighted by Crippen LogP contribution is -2.26. The third-order valence-electron chi connectivity index (χ3n) is 3.25. The van der Waals surface area contributed by atoms with Crippen LogP contribution in [0.1, 0.15) is 18.1 Å². The first kappa shape index (κ1) is 18.8. The molecule has 2 N–H and O–H groups in total. The number of carbonyl (C=O) groups is 1. The third kappa shape index (κ3) is 5.49. The van der Waals surface area contributed by atoms with Gasteiger partial charge in [-0.2, -0.15) is 18.3 Å². The van der Waals surface area contributed by atoms with E-state index in [4.69, 9.17) is 11.6 Å². The van der Waals surface area contributed by atoms with Crippen molar-refractivity contribution in [3.63, 3.8) is 0 Å². The summed E-state index contributed by atoms with van der Waals surface area (Å²) >= 11 is 6.03. The van der Waals surface area contributed by atoms with Crippen LogP contribution in [0.4, 0.5) is 18.9 Å². The van der Waals surface area contributed by atoms with Crippen LogP contribution >= 0.6 is 11.6 Å². The molecule has 0 aromatic heterocycles.